The molecule has 1 aromatic heterocycles. The first-order valence-electron chi connectivity index (χ1n) is 11.1. The van der Waals surface area contributed by atoms with Crippen LogP contribution in [0.25, 0.3) is 6.08 Å². The summed E-state index contributed by atoms with van der Waals surface area (Å²) < 4.78 is 0. The zero-order valence-corrected chi connectivity index (χ0v) is 17.9. The van der Waals surface area contributed by atoms with Gasteiger partial charge in [0.2, 0.25) is 11.8 Å². The van der Waals surface area contributed by atoms with Crippen molar-refractivity contribution in [3.63, 3.8) is 0 Å². The lowest BCUT2D eigenvalue weighted by Gasteiger charge is -2.38. The van der Waals surface area contributed by atoms with Crippen molar-refractivity contribution in [3.8, 4) is 0 Å². The molecule has 2 saturated heterocycles. The number of carbonyl (C=O) groups is 2. The summed E-state index contributed by atoms with van der Waals surface area (Å²) in [5, 5.41) is 0. The molecule has 2 aromatic rings. The molecule has 0 saturated carbocycles. The van der Waals surface area contributed by atoms with Gasteiger partial charge in [-0.05, 0) is 36.6 Å². The van der Waals surface area contributed by atoms with E-state index in [-0.39, 0.29) is 17.7 Å². The predicted octanol–water partition coefficient (Wildman–Crippen LogP) is 2.68. The highest BCUT2D eigenvalue weighted by molar-refractivity contribution is 5.92. The quantitative estimate of drug-likeness (QED) is 0.701. The van der Waals surface area contributed by atoms with Crippen LogP contribution in [0.2, 0.25) is 0 Å². The zero-order chi connectivity index (χ0) is 21.5. The molecule has 4 rings (SSSR count). The topological polar surface area (TPSA) is 56.8 Å². The smallest absolute Gasteiger partial charge is 0.246 e. The van der Waals surface area contributed by atoms with Gasteiger partial charge >= 0.3 is 0 Å². The fourth-order valence-electron chi connectivity index (χ4n) is 4.29. The van der Waals surface area contributed by atoms with E-state index in [1.165, 1.54) is 0 Å². The van der Waals surface area contributed by atoms with E-state index in [4.69, 9.17) is 0 Å². The van der Waals surface area contributed by atoms with Crippen LogP contribution in [0, 0.1) is 5.92 Å². The molecule has 0 bridgehead atoms. The highest BCUT2D eigenvalue weighted by atomic mass is 16.2. The Balaban J connectivity index is 1.21. The summed E-state index contributed by atoms with van der Waals surface area (Å²) in [6.45, 7) is 5.42. The SMILES string of the molecule is O=C(/C=C/c1ccccc1)N1CCC(C(=O)N2CCN(Cc3ccccn3)CC2)CC1. The Kier molecular flexibility index (Phi) is 7.10. The number of aromatic nitrogens is 1. The van der Waals surface area contributed by atoms with Crippen LogP contribution in [0.3, 0.4) is 0 Å². The second-order valence-electron chi connectivity index (χ2n) is 8.27. The minimum Gasteiger partial charge on any atom is -0.340 e. The molecule has 2 aliphatic heterocycles. The van der Waals surface area contributed by atoms with Gasteiger partial charge in [0.25, 0.3) is 0 Å². The Hall–Kier alpha value is -2.99. The number of hydrogen-bond donors (Lipinski definition) is 0. The van der Waals surface area contributed by atoms with E-state index in [1.54, 1.807) is 6.08 Å². The lowest BCUT2D eigenvalue weighted by Crippen LogP contribution is -2.51. The summed E-state index contributed by atoms with van der Waals surface area (Å²) >= 11 is 0. The highest BCUT2D eigenvalue weighted by Crippen LogP contribution is 2.21. The van der Waals surface area contributed by atoms with Crippen molar-refractivity contribution in [2.45, 2.75) is 19.4 Å². The van der Waals surface area contributed by atoms with Crippen molar-refractivity contribution < 1.29 is 9.59 Å². The van der Waals surface area contributed by atoms with Crippen molar-refractivity contribution >= 4 is 17.9 Å². The molecular weight excluding hydrogens is 388 g/mol. The van der Waals surface area contributed by atoms with E-state index in [9.17, 15) is 9.59 Å². The fourth-order valence-corrected chi connectivity index (χ4v) is 4.29. The third kappa shape index (κ3) is 5.79. The predicted molar refractivity (Wildman–Crippen MR) is 121 cm³/mol. The van der Waals surface area contributed by atoms with E-state index in [2.05, 4.69) is 9.88 Å². The number of likely N-dealkylation sites (tertiary alicyclic amines) is 1. The lowest BCUT2D eigenvalue weighted by molar-refractivity contribution is -0.141. The summed E-state index contributed by atoms with van der Waals surface area (Å²) in [5.74, 6) is 0.312. The molecule has 31 heavy (non-hydrogen) atoms. The summed E-state index contributed by atoms with van der Waals surface area (Å²) in [4.78, 5) is 36.1. The van der Waals surface area contributed by atoms with Gasteiger partial charge in [0, 0.05) is 64.0 Å². The highest BCUT2D eigenvalue weighted by Gasteiger charge is 2.31. The van der Waals surface area contributed by atoms with E-state index < -0.39 is 0 Å². The average Bonchev–Trinajstić information content (AvgIpc) is 2.84. The molecule has 6 heteroatoms. The minimum absolute atomic E-state index is 0.0258. The number of benzene rings is 1. The van der Waals surface area contributed by atoms with Gasteiger partial charge in [0.1, 0.15) is 0 Å². The van der Waals surface area contributed by atoms with Crippen molar-refractivity contribution in [2.75, 3.05) is 39.3 Å². The Morgan fingerprint density at radius 1 is 0.871 bits per heavy atom. The van der Waals surface area contributed by atoms with Crippen LogP contribution in [-0.4, -0.2) is 70.8 Å². The molecule has 2 aliphatic rings. The van der Waals surface area contributed by atoms with E-state index >= 15 is 0 Å². The largest absolute Gasteiger partial charge is 0.340 e. The fraction of sp³-hybridized carbons (Fsp3) is 0.400. The minimum atomic E-state index is 0.0258. The lowest BCUT2D eigenvalue weighted by atomic mass is 9.95. The van der Waals surface area contributed by atoms with Crippen LogP contribution in [0.1, 0.15) is 24.1 Å². The van der Waals surface area contributed by atoms with E-state index in [1.807, 2.05) is 70.6 Å². The Bertz CT molecular complexity index is 884. The molecular formula is C25H30N4O2. The van der Waals surface area contributed by atoms with Crippen molar-refractivity contribution in [1.29, 1.82) is 0 Å². The van der Waals surface area contributed by atoms with Gasteiger partial charge in [0.15, 0.2) is 0 Å². The molecule has 2 fully saturated rings. The van der Waals surface area contributed by atoms with Gasteiger partial charge in [-0.25, -0.2) is 0 Å². The van der Waals surface area contributed by atoms with Crippen molar-refractivity contribution in [3.05, 3.63) is 72.1 Å². The van der Waals surface area contributed by atoms with Crippen LogP contribution in [0.5, 0.6) is 0 Å². The normalized spacial score (nSPS) is 18.5. The first kappa shape index (κ1) is 21.2. The van der Waals surface area contributed by atoms with E-state index in [0.717, 1.165) is 56.8 Å². The molecule has 0 N–H and O–H groups in total. The summed E-state index contributed by atoms with van der Waals surface area (Å²) in [6, 6.07) is 15.8. The molecule has 0 aliphatic carbocycles. The monoisotopic (exact) mass is 418 g/mol. The van der Waals surface area contributed by atoms with Gasteiger partial charge < -0.3 is 9.80 Å². The van der Waals surface area contributed by atoms with Gasteiger partial charge in [-0.1, -0.05) is 36.4 Å². The first-order valence-corrected chi connectivity index (χ1v) is 11.1. The van der Waals surface area contributed by atoms with Crippen LogP contribution >= 0.6 is 0 Å². The van der Waals surface area contributed by atoms with Gasteiger partial charge in [-0.3, -0.25) is 19.5 Å². The molecule has 0 unspecified atom stereocenters. The number of carbonyl (C=O) groups excluding carboxylic acids is 2. The summed E-state index contributed by atoms with van der Waals surface area (Å²) in [7, 11) is 0. The maximum atomic E-state index is 13.0. The van der Waals surface area contributed by atoms with E-state index in [0.29, 0.717) is 13.1 Å². The molecule has 1 aromatic carbocycles. The molecule has 3 heterocycles. The number of hydrogen-bond acceptors (Lipinski definition) is 4. The summed E-state index contributed by atoms with van der Waals surface area (Å²) in [5.41, 5.74) is 2.09. The zero-order valence-electron chi connectivity index (χ0n) is 17.9. The van der Waals surface area contributed by atoms with Crippen LogP contribution in [0.4, 0.5) is 0 Å². The van der Waals surface area contributed by atoms with Gasteiger partial charge in [-0.15, -0.1) is 0 Å². The number of nitrogens with zero attached hydrogens (tertiary/aromatic N) is 4. The number of rotatable bonds is 5. The Morgan fingerprint density at radius 3 is 2.26 bits per heavy atom. The maximum Gasteiger partial charge on any atom is 0.246 e. The third-order valence-corrected chi connectivity index (χ3v) is 6.17. The van der Waals surface area contributed by atoms with Crippen molar-refractivity contribution in [1.82, 2.24) is 19.7 Å². The van der Waals surface area contributed by atoms with Gasteiger partial charge in [-0.2, -0.15) is 0 Å². The van der Waals surface area contributed by atoms with Crippen LogP contribution < -0.4 is 0 Å². The molecule has 2 amide bonds. The molecule has 0 radical (unpaired) electrons. The number of pyridine rings is 1. The molecule has 6 nitrogen and oxygen atoms in total. The Labute approximate surface area is 184 Å². The molecule has 162 valence electrons. The average molecular weight is 419 g/mol. The first-order chi connectivity index (χ1) is 15.2. The standard InChI is InChI=1S/C25H30N4O2/c30-24(10-9-21-6-2-1-3-7-21)28-14-11-22(12-15-28)25(31)29-18-16-27(17-19-29)20-23-8-4-5-13-26-23/h1-10,13,22H,11-12,14-20H2/b10-9+. The van der Waals surface area contributed by atoms with Crippen molar-refractivity contribution in [2.24, 2.45) is 5.92 Å². The van der Waals surface area contributed by atoms with Gasteiger partial charge in [0.05, 0.1) is 5.69 Å². The Morgan fingerprint density at radius 2 is 1.58 bits per heavy atom. The molecule has 0 spiro atoms. The second-order valence-corrected chi connectivity index (χ2v) is 8.27. The maximum absolute atomic E-state index is 13.0. The number of piperidine rings is 1. The number of piperazine rings is 1. The number of amides is 2. The summed E-state index contributed by atoms with van der Waals surface area (Å²) in [6.07, 6.45) is 6.81. The molecule has 0 atom stereocenters. The van der Waals surface area contributed by atoms with Crippen LogP contribution in [0.15, 0.2) is 60.8 Å². The third-order valence-electron chi connectivity index (χ3n) is 6.17. The van der Waals surface area contributed by atoms with Crippen LogP contribution in [-0.2, 0) is 16.1 Å². The second kappa shape index (κ2) is 10.4.